The van der Waals surface area contributed by atoms with Crippen molar-refractivity contribution in [2.45, 2.75) is 70.1 Å². The number of hydrogen-bond acceptors (Lipinski definition) is 4. The van der Waals surface area contributed by atoms with Crippen LogP contribution >= 0.6 is 11.8 Å². The summed E-state index contributed by atoms with van der Waals surface area (Å²) >= 11 is 1.43. The molecule has 33 heavy (non-hydrogen) atoms. The smallest absolute Gasteiger partial charge is 0.303 e. The maximum Gasteiger partial charge on any atom is 0.303 e. The number of benzene rings is 2. The maximum absolute atomic E-state index is 13.4. The number of anilines is 1. The van der Waals surface area contributed by atoms with Crippen molar-refractivity contribution in [3.05, 3.63) is 58.0 Å². The molecule has 0 atom stereocenters. The highest BCUT2D eigenvalue weighted by Gasteiger charge is 2.30. The Bertz CT molecular complexity index is 1070. The second-order valence-corrected chi connectivity index (χ2v) is 11.6. The number of phenols is 1. The van der Waals surface area contributed by atoms with Crippen molar-refractivity contribution in [3.63, 3.8) is 0 Å². The van der Waals surface area contributed by atoms with E-state index in [0.29, 0.717) is 23.6 Å². The molecule has 0 aliphatic carbocycles. The predicted molar refractivity (Wildman–Crippen MR) is 135 cm³/mol. The normalized spacial score (nSPS) is 15.6. The molecule has 3 rings (SSSR count). The van der Waals surface area contributed by atoms with E-state index in [1.54, 1.807) is 4.90 Å². The summed E-state index contributed by atoms with van der Waals surface area (Å²) in [6, 6.07) is 11.6. The Hall–Kier alpha value is -2.73. The topological polar surface area (TPSA) is 77.8 Å². The lowest BCUT2D eigenvalue weighted by Gasteiger charge is -2.31. The van der Waals surface area contributed by atoms with Crippen LogP contribution in [0.25, 0.3) is 6.08 Å². The third kappa shape index (κ3) is 5.61. The first-order valence-electron chi connectivity index (χ1n) is 11.2. The average Bonchev–Trinajstić information content (AvgIpc) is 2.69. The van der Waals surface area contributed by atoms with E-state index in [1.807, 2.05) is 42.5 Å². The standard InChI is InChI=1S/C27H33NO4S/c1-26(2,3)18-14-17(15-19(24(18)31)27(4,5)6)16-22-25(32)28(13-9-12-23(29)30)20-10-7-8-11-21(20)33-22/h7-8,10-11,14-16,31H,9,12-13H2,1-6H3,(H,29,30)/b22-16-. The van der Waals surface area contributed by atoms with Crippen molar-refractivity contribution < 1.29 is 19.8 Å². The molecule has 1 aliphatic heterocycles. The van der Waals surface area contributed by atoms with Crippen LogP contribution in [0.1, 0.15) is 71.1 Å². The highest BCUT2D eigenvalue weighted by atomic mass is 32.2. The van der Waals surface area contributed by atoms with Crippen molar-refractivity contribution in [1.29, 1.82) is 0 Å². The van der Waals surface area contributed by atoms with Crippen molar-refractivity contribution in [1.82, 2.24) is 0 Å². The number of phenolic OH excluding ortho intramolecular Hbond substituents is 1. The Morgan fingerprint density at radius 2 is 1.61 bits per heavy atom. The fraction of sp³-hybridized carbons (Fsp3) is 0.407. The zero-order valence-corrected chi connectivity index (χ0v) is 21.0. The second kappa shape index (κ2) is 9.26. The number of amides is 1. The van der Waals surface area contributed by atoms with Crippen molar-refractivity contribution in [2.24, 2.45) is 0 Å². The maximum atomic E-state index is 13.4. The fourth-order valence-electron chi connectivity index (χ4n) is 3.91. The number of hydrogen-bond donors (Lipinski definition) is 2. The van der Waals surface area contributed by atoms with Gasteiger partial charge in [-0.3, -0.25) is 9.59 Å². The van der Waals surface area contributed by atoms with E-state index >= 15 is 0 Å². The molecule has 2 aromatic rings. The van der Waals surface area contributed by atoms with E-state index in [2.05, 4.69) is 41.5 Å². The van der Waals surface area contributed by atoms with Crippen LogP contribution in [0.3, 0.4) is 0 Å². The van der Waals surface area contributed by atoms with Crippen molar-refractivity contribution >= 4 is 35.4 Å². The van der Waals surface area contributed by atoms with Gasteiger partial charge in [0, 0.05) is 29.0 Å². The number of carbonyl (C=O) groups is 2. The number of aliphatic carboxylic acids is 1. The predicted octanol–water partition coefficient (Wildman–Crippen LogP) is 6.33. The van der Waals surface area contributed by atoms with Gasteiger partial charge in [-0.25, -0.2) is 0 Å². The summed E-state index contributed by atoms with van der Waals surface area (Å²) < 4.78 is 0. The monoisotopic (exact) mass is 467 g/mol. The number of carbonyl (C=O) groups excluding carboxylic acids is 1. The Balaban J connectivity index is 2.09. The molecule has 0 fully saturated rings. The van der Waals surface area contributed by atoms with Crippen LogP contribution in [0.15, 0.2) is 46.2 Å². The Kier molecular flexibility index (Phi) is 6.99. The lowest BCUT2D eigenvalue weighted by molar-refractivity contribution is -0.137. The zero-order chi connectivity index (χ0) is 24.6. The van der Waals surface area contributed by atoms with Gasteiger partial charge in [0.2, 0.25) is 0 Å². The molecule has 0 saturated heterocycles. The number of fused-ring (bicyclic) bond motifs is 1. The van der Waals surface area contributed by atoms with Crippen LogP contribution < -0.4 is 4.90 Å². The van der Waals surface area contributed by atoms with Gasteiger partial charge in [-0.2, -0.15) is 0 Å². The lowest BCUT2D eigenvalue weighted by atomic mass is 9.78. The van der Waals surface area contributed by atoms with Gasteiger partial charge in [0.05, 0.1) is 10.6 Å². The molecule has 6 heteroatoms. The number of carboxylic acid groups (broad SMARTS) is 1. The third-order valence-electron chi connectivity index (χ3n) is 5.65. The summed E-state index contributed by atoms with van der Waals surface area (Å²) in [4.78, 5) is 27.6. The van der Waals surface area contributed by atoms with E-state index in [4.69, 9.17) is 5.11 Å². The zero-order valence-electron chi connectivity index (χ0n) is 20.2. The van der Waals surface area contributed by atoms with E-state index in [1.165, 1.54) is 11.8 Å². The number of para-hydroxylation sites is 1. The number of carboxylic acids is 1. The van der Waals surface area contributed by atoms with Crippen LogP contribution in [0.5, 0.6) is 5.75 Å². The summed E-state index contributed by atoms with van der Waals surface area (Å²) in [6.07, 6.45) is 2.28. The molecule has 2 aromatic carbocycles. The van der Waals surface area contributed by atoms with Crippen LogP contribution in [0.4, 0.5) is 5.69 Å². The number of aromatic hydroxyl groups is 1. The Labute approximate surface area is 200 Å². The van der Waals surface area contributed by atoms with Gasteiger partial charge < -0.3 is 15.1 Å². The van der Waals surface area contributed by atoms with Crippen molar-refractivity contribution in [3.8, 4) is 5.75 Å². The largest absolute Gasteiger partial charge is 0.507 e. The Morgan fingerprint density at radius 1 is 1.03 bits per heavy atom. The highest BCUT2D eigenvalue weighted by molar-refractivity contribution is 8.04. The third-order valence-corrected chi connectivity index (χ3v) is 6.73. The first-order valence-corrected chi connectivity index (χ1v) is 12.0. The van der Waals surface area contributed by atoms with Crippen LogP contribution in [0, 0.1) is 0 Å². The minimum Gasteiger partial charge on any atom is -0.507 e. The van der Waals surface area contributed by atoms with Gasteiger partial charge in [-0.15, -0.1) is 0 Å². The van der Waals surface area contributed by atoms with Gasteiger partial charge in [0.25, 0.3) is 5.91 Å². The molecule has 0 unspecified atom stereocenters. The molecule has 0 spiro atoms. The molecule has 0 aromatic heterocycles. The molecular formula is C27H33NO4S. The summed E-state index contributed by atoms with van der Waals surface area (Å²) in [6.45, 7) is 12.7. The van der Waals surface area contributed by atoms with Gasteiger partial charge >= 0.3 is 5.97 Å². The molecule has 1 heterocycles. The van der Waals surface area contributed by atoms with Gasteiger partial charge in [0.15, 0.2) is 0 Å². The molecule has 5 nitrogen and oxygen atoms in total. The lowest BCUT2D eigenvalue weighted by Crippen LogP contribution is -2.35. The molecule has 0 saturated carbocycles. The summed E-state index contributed by atoms with van der Waals surface area (Å²) in [7, 11) is 0. The number of thioether (sulfide) groups is 1. The fourth-order valence-corrected chi connectivity index (χ4v) is 4.97. The van der Waals surface area contributed by atoms with E-state index in [9.17, 15) is 14.7 Å². The molecule has 176 valence electrons. The van der Waals surface area contributed by atoms with Crippen LogP contribution in [-0.2, 0) is 20.4 Å². The van der Waals surface area contributed by atoms with Crippen LogP contribution in [-0.4, -0.2) is 28.6 Å². The van der Waals surface area contributed by atoms with E-state index < -0.39 is 5.97 Å². The summed E-state index contributed by atoms with van der Waals surface area (Å²) in [5.74, 6) is -0.696. The average molecular weight is 468 g/mol. The highest BCUT2D eigenvalue weighted by Crippen LogP contribution is 2.44. The first kappa shape index (κ1) is 24.9. The van der Waals surface area contributed by atoms with Gasteiger partial charge in [-0.1, -0.05) is 65.4 Å². The molecule has 2 N–H and O–H groups in total. The minimum atomic E-state index is -0.869. The molecule has 0 bridgehead atoms. The quantitative estimate of drug-likeness (QED) is 0.502. The Morgan fingerprint density at radius 3 is 2.15 bits per heavy atom. The SMILES string of the molecule is CC(C)(C)c1cc(/C=C2\Sc3ccccc3N(CCCC(=O)O)C2=O)cc(C(C)(C)C)c1O. The second-order valence-electron chi connectivity index (χ2n) is 10.5. The van der Waals surface area contributed by atoms with E-state index in [-0.39, 0.29) is 23.2 Å². The number of nitrogens with zero attached hydrogens (tertiary/aromatic N) is 1. The molecule has 1 aliphatic rings. The van der Waals surface area contributed by atoms with E-state index in [0.717, 1.165) is 27.3 Å². The van der Waals surface area contributed by atoms with Gasteiger partial charge in [0.1, 0.15) is 5.75 Å². The summed E-state index contributed by atoms with van der Waals surface area (Å²) in [5.41, 5.74) is 2.83. The summed E-state index contributed by atoms with van der Waals surface area (Å²) in [5, 5.41) is 20.0. The minimum absolute atomic E-state index is 0.0139. The van der Waals surface area contributed by atoms with Gasteiger partial charge in [-0.05, 0) is 53.2 Å². The molecule has 1 amide bonds. The van der Waals surface area contributed by atoms with Crippen LogP contribution in [0.2, 0.25) is 0 Å². The van der Waals surface area contributed by atoms with Crippen molar-refractivity contribution in [2.75, 3.05) is 11.4 Å². The first-order chi connectivity index (χ1) is 15.3. The molecular weight excluding hydrogens is 434 g/mol. The number of rotatable bonds is 5. The molecule has 0 radical (unpaired) electrons.